The Morgan fingerprint density at radius 2 is 2.14 bits per heavy atom. The maximum Gasteiger partial charge on any atom is 0.244 e. The molecule has 0 radical (unpaired) electrons. The molecule has 1 heterocycles. The van der Waals surface area contributed by atoms with Crippen molar-refractivity contribution in [1.82, 2.24) is 9.62 Å². The number of benzene rings is 1. The van der Waals surface area contributed by atoms with E-state index in [1.54, 1.807) is 22.5 Å². The van der Waals surface area contributed by atoms with Gasteiger partial charge in [-0.2, -0.15) is 9.57 Å². The van der Waals surface area contributed by atoms with Crippen LogP contribution in [0.25, 0.3) is 0 Å². The van der Waals surface area contributed by atoms with E-state index in [0.717, 1.165) is 32.2 Å². The fraction of sp³-hybridized carbons (Fsp3) is 0.533. The third-order valence-electron chi connectivity index (χ3n) is 3.89. The molecule has 0 aromatic heterocycles. The molecule has 1 aromatic carbocycles. The van der Waals surface area contributed by atoms with Crippen molar-refractivity contribution in [2.24, 2.45) is 0 Å². The Hall–Kier alpha value is -1.42. The van der Waals surface area contributed by atoms with Gasteiger partial charge in [-0.25, -0.2) is 8.42 Å². The molecule has 6 heteroatoms. The topological polar surface area (TPSA) is 73.2 Å². The van der Waals surface area contributed by atoms with E-state index < -0.39 is 10.0 Å². The first-order chi connectivity index (χ1) is 10.1. The van der Waals surface area contributed by atoms with E-state index in [1.165, 1.54) is 6.07 Å². The summed E-state index contributed by atoms with van der Waals surface area (Å²) in [5, 5.41) is 12.2. The van der Waals surface area contributed by atoms with Crippen molar-refractivity contribution >= 4 is 10.0 Å². The van der Waals surface area contributed by atoms with E-state index in [1.807, 2.05) is 13.1 Å². The molecule has 0 aliphatic carbocycles. The lowest BCUT2D eigenvalue weighted by molar-refractivity contribution is 0.240. The van der Waals surface area contributed by atoms with Crippen LogP contribution in [0.3, 0.4) is 0 Å². The van der Waals surface area contributed by atoms with Crippen LogP contribution in [-0.4, -0.2) is 38.9 Å². The first kappa shape index (κ1) is 16.0. The second-order valence-electron chi connectivity index (χ2n) is 5.27. The minimum absolute atomic E-state index is 0.0166. The van der Waals surface area contributed by atoms with E-state index in [4.69, 9.17) is 5.26 Å². The summed E-state index contributed by atoms with van der Waals surface area (Å²) in [4.78, 5) is 0.129. The van der Waals surface area contributed by atoms with Gasteiger partial charge in [0.25, 0.3) is 0 Å². The summed E-state index contributed by atoms with van der Waals surface area (Å²) in [5.74, 6) is 0. The molecule has 5 nitrogen and oxygen atoms in total. The van der Waals surface area contributed by atoms with Gasteiger partial charge in [0.2, 0.25) is 10.0 Å². The third-order valence-corrected chi connectivity index (χ3v) is 5.90. The fourth-order valence-electron chi connectivity index (χ4n) is 2.80. The van der Waals surface area contributed by atoms with Crippen molar-refractivity contribution in [2.75, 3.05) is 20.1 Å². The largest absolute Gasteiger partial charge is 0.320 e. The number of piperidine rings is 1. The average molecular weight is 307 g/mol. The van der Waals surface area contributed by atoms with Crippen LogP contribution in [0.1, 0.15) is 31.2 Å². The van der Waals surface area contributed by atoms with Gasteiger partial charge in [0.05, 0.1) is 10.5 Å². The predicted molar refractivity (Wildman–Crippen MR) is 81.2 cm³/mol. The molecule has 1 aromatic rings. The van der Waals surface area contributed by atoms with Crippen molar-refractivity contribution < 1.29 is 8.42 Å². The zero-order valence-electron chi connectivity index (χ0n) is 12.2. The Morgan fingerprint density at radius 3 is 2.86 bits per heavy atom. The van der Waals surface area contributed by atoms with Crippen molar-refractivity contribution in [1.29, 1.82) is 5.26 Å². The van der Waals surface area contributed by atoms with Crippen LogP contribution in [0.15, 0.2) is 29.2 Å². The smallest absolute Gasteiger partial charge is 0.244 e. The van der Waals surface area contributed by atoms with E-state index >= 15 is 0 Å². The third kappa shape index (κ3) is 3.43. The molecule has 2 rings (SSSR count). The van der Waals surface area contributed by atoms with E-state index in [-0.39, 0.29) is 16.5 Å². The summed E-state index contributed by atoms with van der Waals surface area (Å²) in [6.07, 6.45) is 3.62. The summed E-state index contributed by atoms with van der Waals surface area (Å²) < 4.78 is 27.4. The van der Waals surface area contributed by atoms with E-state index in [2.05, 4.69) is 5.32 Å². The van der Waals surface area contributed by atoms with Gasteiger partial charge in [-0.3, -0.25) is 0 Å². The van der Waals surface area contributed by atoms with Gasteiger partial charge in [0.1, 0.15) is 6.07 Å². The summed E-state index contributed by atoms with van der Waals surface area (Å²) >= 11 is 0. The molecule has 1 aliphatic rings. The molecule has 0 spiro atoms. The highest BCUT2D eigenvalue weighted by atomic mass is 32.2. The molecular weight excluding hydrogens is 286 g/mol. The van der Waals surface area contributed by atoms with Crippen LogP contribution in [-0.2, 0) is 10.0 Å². The quantitative estimate of drug-likeness (QED) is 0.899. The van der Waals surface area contributed by atoms with Gasteiger partial charge >= 0.3 is 0 Å². The minimum atomic E-state index is -3.60. The van der Waals surface area contributed by atoms with Gasteiger partial charge in [-0.05, 0) is 45.0 Å². The number of nitrogens with zero attached hydrogens (tertiary/aromatic N) is 2. The highest BCUT2D eigenvalue weighted by molar-refractivity contribution is 7.89. The van der Waals surface area contributed by atoms with Gasteiger partial charge in [-0.15, -0.1) is 0 Å². The Kier molecular flexibility index (Phi) is 5.34. The van der Waals surface area contributed by atoms with Crippen LogP contribution in [0, 0.1) is 11.3 Å². The second-order valence-corrected chi connectivity index (χ2v) is 7.12. The Balaban J connectivity index is 2.34. The van der Waals surface area contributed by atoms with Crippen LogP contribution in [0.5, 0.6) is 0 Å². The molecule has 1 aliphatic heterocycles. The summed E-state index contributed by atoms with van der Waals surface area (Å²) in [5.41, 5.74) is 0.218. The summed E-state index contributed by atoms with van der Waals surface area (Å²) in [6.45, 7) is 1.33. The molecule has 1 N–H and O–H groups in total. The number of hydrogen-bond donors (Lipinski definition) is 1. The van der Waals surface area contributed by atoms with Gasteiger partial charge in [0.15, 0.2) is 0 Å². The number of nitriles is 1. The molecule has 21 heavy (non-hydrogen) atoms. The van der Waals surface area contributed by atoms with Crippen molar-refractivity contribution in [2.45, 2.75) is 36.6 Å². The molecule has 0 amide bonds. The molecule has 0 saturated carbocycles. The maximum atomic E-state index is 12.9. The lowest BCUT2D eigenvalue weighted by Gasteiger charge is -2.35. The lowest BCUT2D eigenvalue weighted by Crippen LogP contribution is -2.44. The summed E-state index contributed by atoms with van der Waals surface area (Å²) in [6, 6.07) is 8.43. The zero-order valence-corrected chi connectivity index (χ0v) is 13.1. The van der Waals surface area contributed by atoms with Crippen molar-refractivity contribution in [3.8, 4) is 6.07 Å². The van der Waals surface area contributed by atoms with Gasteiger partial charge in [-0.1, -0.05) is 18.6 Å². The van der Waals surface area contributed by atoms with Gasteiger partial charge in [0, 0.05) is 12.6 Å². The Morgan fingerprint density at radius 1 is 1.38 bits per heavy atom. The highest BCUT2D eigenvalue weighted by Crippen LogP contribution is 2.28. The molecule has 1 atom stereocenters. The fourth-order valence-corrected chi connectivity index (χ4v) is 4.67. The molecule has 0 bridgehead atoms. The van der Waals surface area contributed by atoms with Crippen LogP contribution >= 0.6 is 0 Å². The number of hydrogen-bond acceptors (Lipinski definition) is 4. The van der Waals surface area contributed by atoms with Crippen LogP contribution in [0.2, 0.25) is 0 Å². The molecular formula is C15H21N3O2S. The van der Waals surface area contributed by atoms with Gasteiger partial charge < -0.3 is 5.32 Å². The van der Waals surface area contributed by atoms with Crippen molar-refractivity contribution in [3.63, 3.8) is 0 Å². The Labute approximate surface area is 126 Å². The second kappa shape index (κ2) is 7.03. The maximum absolute atomic E-state index is 12.9. The molecule has 1 unspecified atom stereocenters. The normalized spacial score (nSPS) is 20.1. The lowest BCUT2D eigenvalue weighted by atomic mass is 10.0. The predicted octanol–water partition coefficient (Wildman–Crippen LogP) is 1.71. The number of sulfonamides is 1. The molecule has 114 valence electrons. The van der Waals surface area contributed by atoms with E-state index in [9.17, 15) is 8.42 Å². The zero-order chi connectivity index (χ0) is 15.3. The van der Waals surface area contributed by atoms with Crippen molar-refractivity contribution in [3.05, 3.63) is 29.8 Å². The number of nitrogens with one attached hydrogen (secondary N) is 1. The Bertz CT molecular complexity index is 622. The van der Waals surface area contributed by atoms with Crippen LogP contribution in [0.4, 0.5) is 0 Å². The number of rotatable bonds is 5. The first-order valence-electron chi connectivity index (χ1n) is 7.27. The van der Waals surface area contributed by atoms with E-state index in [0.29, 0.717) is 6.54 Å². The molecule has 1 saturated heterocycles. The standard InChI is InChI=1S/C15H21N3O2S/c1-17-10-9-14-7-4-5-11-18(14)21(19,20)15-8-3-2-6-13(15)12-16/h2-3,6,8,14,17H,4-5,7,9-11H2,1H3. The summed E-state index contributed by atoms with van der Waals surface area (Å²) in [7, 11) is -1.73. The highest BCUT2D eigenvalue weighted by Gasteiger charge is 2.34. The SMILES string of the molecule is CNCCC1CCCCN1S(=O)(=O)c1ccccc1C#N. The average Bonchev–Trinajstić information content (AvgIpc) is 2.53. The van der Waals surface area contributed by atoms with Crippen LogP contribution < -0.4 is 5.32 Å². The minimum Gasteiger partial charge on any atom is -0.320 e. The molecule has 1 fully saturated rings. The first-order valence-corrected chi connectivity index (χ1v) is 8.71. The monoisotopic (exact) mass is 307 g/mol.